The average Bonchev–Trinajstić information content (AvgIpc) is 2.93. The molecule has 28 heavy (non-hydrogen) atoms. The summed E-state index contributed by atoms with van der Waals surface area (Å²) in [5.41, 5.74) is 0.439. The molecule has 0 unspecified atom stereocenters. The van der Waals surface area contributed by atoms with E-state index in [1.165, 1.54) is 19.4 Å². The first-order valence-corrected chi connectivity index (χ1v) is 10.6. The van der Waals surface area contributed by atoms with E-state index in [0.29, 0.717) is 23.7 Å². The second-order valence-electron chi connectivity index (χ2n) is 9.28. The Morgan fingerprint density at radius 3 is 2.61 bits per heavy atom. The van der Waals surface area contributed by atoms with Crippen LogP contribution in [0.5, 0.6) is 0 Å². The Hall–Kier alpha value is -2.02. The monoisotopic (exact) mass is 382 g/mol. The van der Waals surface area contributed by atoms with Crippen LogP contribution in [0.15, 0.2) is 23.5 Å². The second kappa shape index (κ2) is 6.79. The van der Waals surface area contributed by atoms with Gasteiger partial charge in [0.15, 0.2) is 5.60 Å². The van der Waals surface area contributed by atoms with Crippen LogP contribution in [0.1, 0.15) is 65.7 Å². The molecule has 0 aromatic rings. The minimum absolute atomic E-state index is 0.145. The molecule has 4 rings (SSSR count). The summed E-state index contributed by atoms with van der Waals surface area (Å²) in [6.45, 7) is 5.18. The van der Waals surface area contributed by atoms with Gasteiger partial charge in [0, 0.05) is 25.7 Å². The molecule has 0 saturated heterocycles. The SMILES string of the molecule is C#C[C@]1(OC(C)=O)CC[C@@H]2[C@@H]3CC=C4C=C(OC(C)=O)CC[C@H]4[C@@H]3CC[C@@]21C. The maximum atomic E-state index is 11.8. The van der Waals surface area contributed by atoms with E-state index in [9.17, 15) is 9.59 Å². The van der Waals surface area contributed by atoms with Crippen LogP contribution in [-0.4, -0.2) is 17.5 Å². The Morgan fingerprint density at radius 2 is 1.93 bits per heavy atom. The van der Waals surface area contributed by atoms with Crippen LogP contribution in [0.25, 0.3) is 0 Å². The summed E-state index contributed by atoms with van der Waals surface area (Å²) in [4.78, 5) is 23.1. The van der Waals surface area contributed by atoms with Gasteiger partial charge in [-0.15, -0.1) is 6.42 Å². The minimum atomic E-state index is -0.757. The van der Waals surface area contributed by atoms with Crippen molar-refractivity contribution in [3.05, 3.63) is 23.5 Å². The highest BCUT2D eigenvalue weighted by Gasteiger charge is 2.64. The topological polar surface area (TPSA) is 52.6 Å². The molecule has 4 heteroatoms. The van der Waals surface area contributed by atoms with E-state index in [1.54, 1.807) is 0 Å². The highest BCUT2D eigenvalue weighted by atomic mass is 16.6. The highest BCUT2D eigenvalue weighted by molar-refractivity contribution is 5.68. The van der Waals surface area contributed by atoms with E-state index >= 15 is 0 Å². The number of carbonyl (C=O) groups excluding carboxylic acids is 2. The summed E-state index contributed by atoms with van der Waals surface area (Å²) in [6.07, 6.45) is 17.2. The summed E-state index contributed by atoms with van der Waals surface area (Å²) in [5.74, 6) is 5.44. The third kappa shape index (κ3) is 2.82. The van der Waals surface area contributed by atoms with Gasteiger partial charge in [0.25, 0.3) is 0 Å². The first-order valence-electron chi connectivity index (χ1n) is 10.6. The Labute approximate surface area is 167 Å². The first-order chi connectivity index (χ1) is 13.3. The molecule has 0 heterocycles. The lowest BCUT2D eigenvalue weighted by Crippen LogP contribution is -2.53. The van der Waals surface area contributed by atoms with Gasteiger partial charge in [0.2, 0.25) is 0 Å². The molecule has 2 saturated carbocycles. The largest absolute Gasteiger partial charge is 0.445 e. The number of carbonyl (C=O) groups is 2. The van der Waals surface area contributed by atoms with Gasteiger partial charge in [0.05, 0.1) is 0 Å². The maximum absolute atomic E-state index is 11.8. The van der Waals surface area contributed by atoms with Gasteiger partial charge in [-0.2, -0.15) is 0 Å². The van der Waals surface area contributed by atoms with Gasteiger partial charge < -0.3 is 9.47 Å². The quantitative estimate of drug-likeness (QED) is 0.519. The van der Waals surface area contributed by atoms with E-state index in [2.05, 4.69) is 25.0 Å². The summed E-state index contributed by atoms with van der Waals surface area (Å²) < 4.78 is 11.2. The predicted molar refractivity (Wildman–Crippen MR) is 106 cm³/mol. The Kier molecular flexibility index (Phi) is 4.68. The fourth-order valence-electron chi connectivity index (χ4n) is 6.87. The molecule has 0 N–H and O–H groups in total. The van der Waals surface area contributed by atoms with Gasteiger partial charge in [-0.05, 0) is 73.8 Å². The lowest BCUT2D eigenvalue weighted by Gasteiger charge is -2.54. The van der Waals surface area contributed by atoms with Crippen molar-refractivity contribution in [1.82, 2.24) is 0 Å². The summed E-state index contributed by atoms with van der Waals surface area (Å²) in [7, 11) is 0. The van der Waals surface area contributed by atoms with E-state index in [0.717, 1.165) is 50.7 Å². The van der Waals surface area contributed by atoms with Gasteiger partial charge in [-0.3, -0.25) is 9.59 Å². The lowest BCUT2D eigenvalue weighted by molar-refractivity contribution is -0.167. The molecule has 6 atom stereocenters. The predicted octanol–water partition coefficient (Wildman–Crippen LogP) is 4.55. The van der Waals surface area contributed by atoms with Crippen molar-refractivity contribution >= 4 is 11.9 Å². The van der Waals surface area contributed by atoms with Crippen molar-refractivity contribution < 1.29 is 19.1 Å². The fourth-order valence-corrected chi connectivity index (χ4v) is 6.87. The third-order valence-electron chi connectivity index (χ3n) is 8.04. The molecule has 0 spiro atoms. The average molecular weight is 383 g/mol. The van der Waals surface area contributed by atoms with E-state index in [-0.39, 0.29) is 17.4 Å². The smallest absolute Gasteiger partial charge is 0.307 e. The van der Waals surface area contributed by atoms with Crippen LogP contribution in [-0.2, 0) is 19.1 Å². The van der Waals surface area contributed by atoms with Gasteiger partial charge in [-0.1, -0.05) is 18.9 Å². The molecule has 4 aliphatic carbocycles. The lowest BCUT2D eigenvalue weighted by atomic mass is 9.51. The Balaban J connectivity index is 1.61. The Bertz CT molecular complexity index is 800. The van der Waals surface area contributed by atoms with E-state index < -0.39 is 5.60 Å². The van der Waals surface area contributed by atoms with Crippen LogP contribution < -0.4 is 0 Å². The molecule has 4 nitrogen and oxygen atoms in total. The second-order valence-corrected chi connectivity index (χ2v) is 9.28. The molecule has 0 aliphatic heterocycles. The molecule has 0 radical (unpaired) electrons. The molecule has 2 fully saturated rings. The van der Waals surface area contributed by atoms with Crippen molar-refractivity contribution in [2.45, 2.75) is 71.3 Å². The minimum Gasteiger partial charge on any atom is -0.445 e. The molecule has 0 aromatic heterocycles. The van der Waals surface area contributed by atoms with Crippen LogP contribution in [0.3, 0.4) is 0 Å². The van der Waals surface area contributed by atoms with Crippen molar-refractivity contribution in [1.29, 1.82) is 0 Å². The van der Waals surface area contributed by atoms with Crippen molar-refractivity contribution in [3.8, 4) is 12.3 Å². The summed E-state index contributed by atoms with van der Waals surface area (Å²) in [6, 6.07) is 0. The van der Waals surface area contributed by atoms with Gasteiger partial charge in [-0.25, -0.2) is 0 Å². The van der Waals surface area contributed by atoms with Gasteiger partial charge >= 0.3 is 11.9 Å². The summed E-state index contributed by atoms with van der Waals surface area (Å²) >= 11 is 0. The van der Waals surface area contributed by atoms with Crippen LogP contribution in [0, 0.1) is 41.4 Å². The van der Waals surface area contributed by atoms with Crippen LogP contribution in [0.2, 0.25) is 0 Å². The fraction of sp³-hybridized carbons (Fsp3) is 0.667. The molecule has 0 aromatic carbocycles. The molecular weight excluding hydrogens is 352 g/mol. The molecule has 4 aliphatic rings. The zero-order valence-electron chi connectivity index (χ0n) is 17.1. The molecule has 150 valence electrons. The summed E-state index contributed by atoms with van der Waals surface area (Å²) in [5, 5.41) is 0. The number of allylic oxidation sites excluding steroid dienone is 4. The number of hydrogen-bond donors (Lipinski definition) is 0. The standard InChI is InChI=1S/C24H30O4/c1-5-24(28-16(3)26)13-11-22-21-8-6-17-14-18(27-15(2)25)7-9-19(17)20(21)10-12-23(22,24)4/h1,6,14,19-22H,7-13H2,2-4H3/t19-,20+,21-,22-,23+,24+/m1/s1. The third-order valence-corrected chi connectivity index (χ3v) is 8.04. The number of fused-ring (bicyclic) bond motifs is 5. The number of esters is 2. The van der Waals surface area contributed by atoms with Crippen molar-refractivity contribution in [2.24, 2.45) is 29.1 Å². The zero-order chi connectivity index (χ0) is 20.1. The van der Waals surface area contributed by atoms with E-state index in [4.69, 9.17) is 15.9 Å². The molecular formula is C24H30O4. The normalized spacial score (nSPS) is 41.4. The number of rotatable bonds is 2. The number of hydrogen-bond acceptors (Lipinski definition) is 4. The molecule has 0 bridgehead atoms. The molecule has 0 amide bonds. The highest BCUT2D eigenvalue weighted by Crippen LogP contribution is 2.65. The van der Waals surface area contributed by atoms with Gasteiger partial charge in [0.1, 0.15) is 5.76 Å². The number of terminal acetylenes is 1. The zero-order valence-corrected chi connectivity index (χ0v) is 17.1. The van der Waals surface area contributed by atoms with E-state index in [1.807, 2.05) is 0 Å². The Morgan fingerprint density at radius 1 is 1.14 bits per heavy atom. The van der Waals surface area contributed by atoms with Crippen molar-refractivity contribution in [2.75, 3.05) is 0 Å². The van der Waals surface area contributed by atoms with Crippen molar-refractivity contribution in [3.63, 3.8) is 0 Å². The van der Waals surface area contributed by atoms with Crippen LogP contribution in [0.4, 0.5) is 0 Å². The number of ether oxygens (including phenoxy) is 2. The maximum Gasteiger partial charge on any atom is 0.307 e. The first kappa shape index (κ1) is 19.3. The van der Waals surface area contributed by atoms with Crippen LogP contribution >= 0.6 is 0 Å².